The lowest BCUT2D eigenvalue weighted by atomic mass is 9.62. The molecule has 1 aliphatic heterocycles. The molecule has 174 valence electrons. The summed E-state index contributed by atoms with van der Waals surface area (Å²) < 4.78 is 26.8. The van der Waals surface area contributed by atoms with Gasteiger partial charge in [0.25, 0.3) is 5.91 Å². The van der Waals surface area contributed by atoms with Gasteiger partial charge < -0.3 is 5.32 Å². The minimum Gasteiger partial charge on any atom is -0.345 e. The van der Waals surface area contributed by atoms with E-state index in [-0.39, 0.29) is 17.2 Å². The number of hydrogen-bond acceptors (Lipinski definition) is 4. The third-order valence-electron chi connectivity index (χ3n) is 7.46. The summed E-state index contributed by atoms with van der Waals surface area (Å²) in [5.41, 5.74) is 0.0187. The molecule has 0 radical (unpaired) electrons. The van der Waals surface area contributed by atoms with Gasteiger partial charge in [0.2, 0.25) is 10.0 Å². The molecule has 1 N–H and O–H groups in total. The summed E-state index contributed by atoms with van der Waals surface area (Å²) in [6.45, 7) is 11.0. The Kier molecular flexibility index (Phi) is 7.49. The summed E-state index contributed by atoms with van der Waals surface area (Å²) in [6.07, 6.45) is 5.11. The van der Waals surface area contributed by atoms with Crippen LogP contribution in [-0.2, 0) is 10.0 Å². The normalized spacial score (nSPS) is 26.5. The summed E-state index contributed by atoms with van der Waals surface area (Å²) in [5, 5.41) is 3.36. The fourth-order valence-corrected chi connectivity index (χ4v) is 7.42. The fourth-order valence-electron chi connectivity index (χ4n) is 5.93. The van der Waals surface area contributed by atoms with Crippen LogP contribution in [0.25, 0.3) is 0 Å². The number of nitrogens with zero attached hydrogens (tertiary/aromatic N) is 2. The molecule has 1 amide bonds. The van der Waals surface area contributed by atoms with E-state index in [2.05, 4.69) is 31.0 Å². The highest BCUT2D eigenvalue weighted by atomic mass is 32.2. The third-order valence-corrected chi connectivity index (χ3v) is 9.54. The molecule has 2 aliphatic rings. The number of piperazine rings is 1. The SMILES string of the molecule is CCCS(=O)(=O)N1CCN(C2(C(C)(C)NC(=O)c3ccccc3)CCCCC2C)CC1. The number of nitrogens with one attached hydrogen (secondary N) is 1. The number of sulfonamides is 1. The van der Waals surface area contributed by atoms with Gasteiger partial charge in [-0.15, -0.1) is 0 Å². The number of carbonyl (C=O) groups is 1. The highest BCUT2D eigenvalue weighted by molar-refractivity contribution is 7.89. The quantitative estimate of drug-likeness (QED) is 0.692. The first-order valence-corrected chi connectivity index (χ1v) is 13.4. The molecule has 1 aliphatic carbocycles. The molecule has 3 rings (SSSR count). The summed E-state index contributed by atoms with van der Waals surface area (Å²) in [6, 6.07) is 9.38. The van der Waals surface area contributed by atoms with Crippen LogP contribution in [0.1, 0.15) is 70.2 Å². The Hall–Kier alpha value is -1.44. The minimum absolute atomic E-state index is 0.0492. The van der Waals surface area contributed by atoms with Gasteiger partial charge in [-0.2, -0.15) is 4.31 Å². The van der Waals surface area contributed by atoms with Gasteiger partial charge in [-0.05, 0) is 51.2 Å². The van der Waals surface area contributed by atoms with Crippen LogP contribution in [-0.4, -0.2) is 66.5 Å². The van der Waals surface area contributed by atoms with Crippen molar-refractivity contribution in [3.63, 3.8) is 0 Å². The third kappa shape index (κ3) is 4.83. The average Bonchev–Trinajstić information content (AvgIpc) is 2.74. The van der Waals surface area contributed by atoms with Crippen LogP contribution < -0.4 is 5.32 Å². The number of rotatable bonds is 7. The molecular weight excluding hydrogens is 410 g/mol. The van der Waals surface area contributed by atoms with E-state index in [1.165, 1.54) is 6.42 Å². The standard InChI is InChI=1S/C24H39N3O3S/c1-5-19-31(29,30)27-17-15-26(16-18-27)24(14-10-9-11-20(24)2)23(3,4)25-22(28)21-12-7-6-8-13-21/h6-8,12-13,20H,5,9-11,14-19H2,1-4H3,(H,25,28). The fraction of sp³-hybridized carbons (Fsp3) is 0.708. The molecule has 31 heavy (non-hydrogen) atoms. The molecule has 1 aromatic rings. The molecule has 7 heteroatoms. The van der Waals surface area contributed by atoms with Gasteiger partial charge in [-0.1, -0.05) is 44.9 Å². The van der Waals surface area contributed by atoms with Crippen LogP contribution in [0.2, 0.25) is 0 Å². The smallest absolute Gasteiger partial charge is 0.251 e. The molecule has 2 fully saturated rings. The molecule has 1 heterocycles. The van der Waals surface area contributed by atoms with Crippen molar-refractivity contribution < 1.29 is 13.2 Å². The van der Waals surface area contributed by atoms with E-state index in [0.717, 1.165) is 19.3 Å². The first-order valence-electron chi connectivity index (χ1n) is 11.7. The van der Waals surface area contributed by atoms with Crippen LogP contribution in [0, 0.1) is 5.92 Å². The zero-order valence-electron chi connectivity index (χ0n) is 19.6. The van der Waals surface area contributed by atoms with Gasteiger partial charge in [-0.3, -0.25) is 9.69 Å². The average molecular weight is 450 g/mol. The van der Waals surface area contributed by atoms with Crippen molar-refractivity contribution in [1.29, 1.82) is 0 Å². The van der Waals surface area contributed by atoms with Gasteiger partial charge in [0.05, 0.1) is 11.3 Å². The number of benzene rings is 1. The highest BCUT2D eigenvalue weighted by Gasteiger charge is 2.54. The number of hydrogen-bond donors (Lipinski definition) is 1. The lowest BCUT2D eigenvalue weighted by Crippen LogP contribution is -2.74. The van der Waals surface area contributed by atoms with Crippen LogP contribution in [0.3, 0.4) is 0 Å². The second-order valence-electron chi connectivity index (χ2n) is 9.72. The minimum atomic E-state index is -3.17. The molecule has 0 spiro atoms. The maximum atomic E-state index is 13.1. The van der Waals surface area contributed by atoms with E-state index in [9.17, 15) is 13.2 Å². The van der Waals surface area contributed by atoms with Crippen molar-refractivity contribution in [2.75, 3.05) is 31.9 Å². The molecule has 0 aromatic heterocycles. The Bertz CT molecular complexity index is 848. The Balaban J connectivity index is 1.84. The van der Waals surface area contributed by atoms with Crippen molar-refractivity contribution in [2.45, 2.75) is 70.9 Å². The summed E-state index contributed by atoms with van der Waals surface area (Å²) in [7, 11) is -3.17. The number of amides is 1. The molecule has 6 nitrogen and oxygen atoms in total. The van der Waals surface area contributed by atoms with Gasteiger partial charge >= 0.3 is 0 Å². The van der Waals surface area contributed by atoms with E-state index < -0.39 is 15.6 Å². The highest BCUT2D eigenvalue weighted by Crippen LogP contribution is 2.46. The van der Waals surface area contributed by atoms with Gasteiger partial charge in [-0.25, -0.2) is 8.42 Å². The largest absolute Gasteiger partial charge is 0.345 e. The maximum Gasteiger partial charge on any atom is 0.251 e. The van der Waals surface area contributed by atoms with Crippen molar-refractivity contribution in [2.24, 2.45) is 5.92 Å². The van der Waals surface area contributed by atoms with E-state index in [1.807, 2.05) is 37.3 Å². The predicted octanol–water partition coefficient (Wildman–Crippen LogP) is 3.50. The lowest BCUT2D eigenvalue weighted by Gasteiger charge is -2.60. The Morgan fingerprint density at radius 1 is 1.13 bits per heavy atom. The second-order valence-corrected chi connectivity index (χ2v) is 11.8. The summed E-state index contributed by atoms with van der Waals surface area (Å²) in [5.74, 6) is 0.575. The Morgan fingerprint density at radius 2 is 1.77 bits per heavy atom. The second kappa shape index (κ2) is 9.59. The first kappa shape index (κ1) is 24.2. The molecule has 1 aromatic carbocycles. The molecule has 2 unspecified atom stereocenters. The van der Waals surface area contributed by atoms with Crippen LogP contribution in [0.4, 0.5) is 0 Å². The van der Waals surface area contributed by atoms with Gasteiger partial charge in [0.1, 0.15) is 0 Å². The lowest BCUT2D eigenvalue weighted by molar-refractivity contribution is -0.0665. The molecule has 1 saturated heterocycles. The Morgan fingerprint density at radius 3 is 2.35 bits per heavy atom. The zero-order chi connectivity index (χ0) is 22.7. The van der Waals surface area contributed by atoms with Crippen molar-refractivity contribution in [3.05, 3.63) is 35.9 Å². The van der Waals surface area contributed by atoms with Crippen molar-refractivity contribution >= 4 is 15.9 Å². The maximum absolute atomic E-state index is 13.1. The first-order chi connectivity index (χ1) is 14.6. The van der Waals surface area contributed by atoms with E-state index in [0.29, 0.717) is 44.1 Å². The molecule has 0 bridgehead atoms. The van der Waals surface area contributed by atoms with Crippen molar-refractivity contribution in [1.82, 2.24) is 14.5 Å². The molecular formula is C24H39N3O3S. The van der Waals surface area contributed by atoms with Crippen LogP contribution >= 0.6 is 0 Å². The van der Waals surface area contributed by atoms with E-state index >= 15 is 0 Å². The van der Waals surface area contributed by atoms with E-state index in [4.69, 9.17) is 0 Å². The Labute approximate surface area is 188 Å². The van der Waals surface area contributed by atoms with Gasteiger partial charge in [0, 0.05) is 37.3 Å². The van der Waals surface area contributed by atoms with Crippen LogP contribution in [0.5, 0.6) is 0 Å². The molecule has 1 saturated carbocycles. The molecule has 2 atom stereocenters. The zero-order valence-corrected chi connectivity index (χ0v) is 20.4. The topological polar surface area (TPSA) is 69.7 Å². The van der Waals surface area contributed by atoms with Gasteiger partial charge in [0.15, 0.2) is 0 Å². The summed E-state index contributed by atoms with van der Waals surface area (Å²) in [4.78, 5) is 15.6. The van der Waals surface area contributed by atoms with Crippen LogP contribution in [0.15, 0.2) is 30.3 Å². The predicted molar refractivity (Wildman–Crippen MR) is 126 cm³/mol. The monoisotopic (exact) mass is 449 g/mol. The summed E-state index contributed by atoms with van der Waals surface area (Å²) >= 11 is 0. The van der Waals surface area contributed by atoms with Crippen molar-refractivity contribution in [3.8, 4) is 0 Å². The van der Waals surface area contributed by atoms with E-state index in [1.54, 1.807) is 4.31 Å². The number of carbonyl (C=O) groups excluding carboxylic acids is 1.